The molecule has 1 saturated heterocycles. The van der Waals surface area contributed by atoms with E-state index in [9.17, 15) is 22.8 Å². The van der Waals surface area contributed by atoms with Gasteiger partial charge in [-0.2, -0.15) is 0 Å². The Morgan fingerprint density at radius 3 is 2.38 bits per heavy atom. The Balaban J connectivity index is 2.11. The molecule has 0 aliphatic carbocycles. The first-order valence-corrected chi connectivity index (χ1v) is 7.55. The lowest BCUT2D eigenvalue weighted by Gasteiger charge is -2.30. The molecule has 0 unspecified atom stereocenters. The zero-order valence-corrected chi connectivity index (χ0v) is 13.0. The van der Waals surface area contributed by atoms with Gasteiger partial charge in [-0.25, -0.2) is 14.2 Å². The molecule has 1 aliphatic heterocycles. The van der Waals surface area contributed by atoms with E-state index in [0.29, 0.717) is 0 Å². The Hall–Kier alpha value is -2.16. The van der Waals surface area contributed by atoms with Gasteiger partial charge in [-0.15, -0.1) is 13.2 Å². The summed E-state index contributed by atoms with van der Waals surface area (Å²) in [4.78, 5) is 24.5. The monoisotopic (exact) mass is 363 g/mol. The van der Waals surface area contributed by atoms with Crippen molar-refractivity contribution in [1.82, 2.24) is 14.0 Å². The molecule has 0 atom stereocenters. The topological polar surface area (TPSA) is 67.5 Å². The summed E-state index contributed by atoms with van der Waals surface area (Å²) in [7, 11) is 0. The van der Waals surface area contributed by atoms with Crippen LogP contribution < -0.4 is 5.69 Å². The summed E-state index contributed by atoms with van der Waals surface area (Å²) < 4.78 is 40.7. The molecule has 1 aliphatic rings. The highest BCUT2D eigenvalue weighted by molar-refractivity contribution is 6.31. The highest BCUT2D eigenvalue weighted by atomic mass is 35.5. The Morgan fingerprint density at radius 1 is 1.21 bits per heavy atom. The zero-order valence-electron chi connectivity index (χ0n) is 12.3. The second-order valence-electron chi connectivity index (χ2n) is 5.59. The molecule has 1 amide bonds. The quantitative estimate of drug-likeness (QED) is 0.845. The number of rotatable bonds is 1. The molecule has 3 rings (SSSR count). The van der Waals surface area contributed by atoms with Gasteiger partial charge in [-0.05, 0) is 31.0 Å². The van der Waals surface area contributed by atoms with E-state index in [1.165, 1.54) is 17.0 Å². The van der Waals surface area contributed by atoms with E-state index in [-0.39, 0.29) is 46.6 Å². The van der Waals surface area contributed by atoms with Crippen molar-refractivity contribution in [2.75, 3.05) is 13.1 Å². The van der Waals surface area contributed by atoms with Crippen LogP contribution in [0.15, 0.2) is 23.0 Å². The predicted molar refractivity (Wildman–Crippen MR) is 80.4 cm³/mol. The number of alkyl halides is 3. The van der Waals surface area contributed by atoms with Crippen molar-refractivity contribution >= 4 is 28.7 Å². The summed E-state index contributed by atoms with van der Waals surface area (Å²) in [5.41, 5.74) is -1.36. The first-order chi connectivity index (χ1) is 11.2. The van der Waals surface area contributed by atoms with Gasteiger partial charge in [0.25, 0.3) is 0 Å². The summed E-state index contributed by atoms with van der Waals surface area (Å²) in [5, 5.41) is 9.05. The number of fused-ring (bicyclic) bond motifs is 1. The van der Waals surface area contributed by atoms with Crippen LogP contribution in [0.3, 0.4) is 0 Å². The molecule has 0 radical (unpaired) electrons. The van der Waals surface area contributed by atoms with Gasteiger partial charge < -0.3 is 10.0 Å². The third-order valence-electron chi connectivity index (χ3n) is 4.19. The van der Waals surface area contributed by atoms with Gasteiger partial charge in [-0.3, -0.25) is 4.57 Å². The minimum absolute atomic E-state index is 0.0957. The van der Waals surface area contributed by atoms with Gasteiger partial charge in [0.05, 0.1) is 11.0 Å². The smallest absolute Gasteiger partial charge is 0.465 e. The Morgan fingerprint density at radius 2 is 1.83 bits per heavy atom. The van der Waals surface area contributed by atoms with Crippen LogP contribution in [-0.2, 0) is 6.30 Å². The van der Waals surface area contributed by atoms with E-state index in [2.05, 4.69) is 0 Å². The molecular weight excluding hydrogens is 351 g/mol. The number of piperidine rings is 1. The number of imidazole rings is 1. The lowest BCUT2D eigenvalue weighted by Crippen LogP contribution is -2.41. The summed E-state index contributed by atoms with van der Waals surface area (Å²) in [5.74, 6) is 0. The van der Waals surface area contributed by atoms with Crippen LogP contribution in [0.4, 0.5) is 18.0 Å². The van der Waals surface area contributed by atoms with Gasteiger partial charge in [-0.1, -0.05) is 11.6 Å². The number of carboxylic acid groups (broad SMARTS) is 1. The van der Waals surface area contributed by atoms with Crippen LogP contribution in [-0.4, -0.2) is 38.3 Å². The predicted octanol–water partition coefficient (Wildman–Crippen LogP) is 3.25. The summed E-state index contributed by atoms with van der Waals surface area (Å²) in [6.45, 7) is 0.331. The summed E-state index contributed by atoms with van der Waals surface area (Å²) in [6, 6.07) is 3.41. The number of amides is 1. The summed E-state index contributed by atoms with van der Waals surface area (Å²) >= 11 is 5.78. The molecule has 1 aromatic carbocycles. The van der Waals surface area contributed by atoms with Crippen molar-refractivity contribution in [3.05, 3.63) is 33.7 Å². The third kappa shape index (κ3) is 2.72. The molecule has 10 heteroatoms. The van der Waals surface area contributed by atoms with Crippen LogP contribution in [0.2, 0.25) is 5.02 Å². The molecular formula is C14H13ClF3N3O3. The third-order valence-corrected chi connectivity index (χ3v) is 4.42. The Labute approximate surface area is 138 Å². The molecule has 24 heavy (non-hydrogen) atoms. The number of nitrogens with zero attached hydrogens (tertiary/aromatic N) is 3. The van der Waals surface area contributed by atoms with Crippen molar-refractivity contribution in [3.8, 4) is 0 Å². The van der Waals surface area contributed by atoms with Crippen LogP contribution >= 0.6 is 11.6 Å². The van der Waals surface area contributed by atoms with Crippen molar-refractivity contribution in [2.45, 2.75) is 25.2 Å². The van der Waals surface area contributed by atoms with Gasteiger partial charge in [0.15, 0.2) is 0 Å². The fraction of sp³-hybridized carbons (Fsp3) is 0.429. The molecule has 1 N–H and O–H groups in total. The first kappa shape index (κ1) is 16.7. The van der Waals surface area contributed by atoms with E-state index in [0.717, 1.165) is 10.6 Å². The summed E-state index contributed by atoms with van der Waals surface area (Å²) in [6.07, 6.45) is -5.41. The standard InChI is InChI=1S/C14H13ClF3N3O3/c15-8-1-2-10-11(7-8)21(14(16,17)18)12(22)20(10)9-3-5-19(6-4-9)13(23)24/h1-2,7,9H,3-6H2,(H,23,24). The maximum atomic E-state index is 13.3. The number of hydrogen-bond acceptors (Lipinski definition) is 2. The van der Waals surface area contributed by atoms with Crippen molar-refractivity contribution in [3.63, 3.8) is 0 Å². The molecule has 6 nitrogen and oxygen atoms in total. The maximum absolute atomic E-state index is 13.3. The van der Waals surface area contributed by atoms with E-state index < -0.39 is 24.1 Å². The maximum Gasteiger partial charge on any atom is 0.493 e. The molecule has 1 aromatic heterocycles. The highest BCUT2D eigenvalue weighted by Crippen LogP contribution is 2.31. The number of halogens is 4. The van der Waals surface area contributed by atoms with Gasteiger partial charge in [0.2, 0.25) is 0 Å². The van der Waals surface area contributed by atoms with Crippen LogP contribution in [0, 0.1) is 0 Å². The molecule has 2 heterocycles. The van der Waals surface area contributed by atoms with Gasteiger partial charge in [0.1, 0.15) is 0 Å². The number of benzene rings is 1. The molecule has 0 spiro atoms. The van der Waals surface area contributed by atoms with Crippen molar-refractivity contribution in [2.24, 2.45) is 0 Å². The zero-order chi connectivity index (χ0) is 17.6. The lowest BCUT2D eigenvalue weighted by atomic mass is 10.1. The van der Waals surface area contributed by atoms with E-state index in [4.69, 9.17) is 16.7 Å². The second kappa shape index (κ2) is 5.73. The average molecular weight is 364 g/mol. The van der Waals surface area contributed by atoms with Crippen LogP contribution in [0.25, 0.3) is 11.0 Å². The normalized spacial score (nSPS) is 16.8. The van der Waals surface area contributed by atoms with E-state index >= 15 is 0 Å². The Bertz CT molecular complexity index is 851. The highest BCUT2D eigenvalue weighted by Gasteiger charge is 2.38. The molecule has 2 aromatic rings. The number of hydrogen-bond donors (Lipinski definition) is 1. The minimum Gasteiger partial charge on any atom is -0.465 e. The SMILES string of the molecule is O=C(O)N1CCC(n2c(=O)n(C(F)(F)F)c3cc(Cl)ccc32)CC1. The Kier molecular flexibility index (Phi) is 3.98. The van der Waals surface area contributed by atoms with Crippen LogP contribution in [0.1, 0.15) is 18.9 Å². The minimum atomic E-state index is -4.87. The number of aromatic nitrogens is 2. The van der Waals surface area contributed by atoms with Gasteiger partial charge >= 0.3 is 18.1 Å². The van der Waals surface area contributed by atoms with E-state index in [1.807, 2.05) is 0 Å². The van der Waals surface area contributed by atoms with Crippen molar-refractivity contribution < 1.29 is 23.1 Å². The number of likely N-dealkylation sites (tertiary alicyclic amines) is 1. The molecule has 130 valence electrons. The fourth-order valence-electron chi connectivity index (χ4n) is 3.11. The van der Waals surface area contributed by atoms with Crippen molar-refractivity contribution in [1.29, 1.82) is 0 Å². The largest absolute Gasteiger partial charge is 0.493 e. The molecule has 0 saturated carbocycles. The first-order valence-electron chi connectivity index (χ1n) is 7.17. The second-order valence-corrected chi connectivity index (χ2v) is 6.03. The molecule has 0 bridgehead atoms. The van der Waals surface area contributed by atoms with E-state index in [1.54, 1.807) is 0 Å². The van der Waals surface area contributed by atoms with Crippen LogP contribution in [0.5, 0.6) is 0 Å². The lowest BCUT2D eigenvalue weighted by molar-refractivity contribution is -0.203. The molecule has 1 fully saturated rings. The average Bonchev–Trinajstić information content (AvgIpc) is 2.78. The fourth-order valence-corrected chi connectivity index (χ4v) is 3.27. The van der Waals surface area contributed by atoms with Gasteiger partial charge in [0, 0.05) is 24.2 Å². The number of carbonyl (C=O) groups is 1.